The molecule has 1 saturated heterocycles. The molecule has 2 aromatic rings. The Morgan fingerprint density at radius 1 is 1.16 bits per heavy atom. The summed E-state index contributed by atoms with van der Waals surface area (Å²) in [5.41, 5.74) is 5.09. The van der Waals surface area contributed by atoms with Crippen molar-refractivity contribution < 1.29 is 4.52 Å². The van der Waals surface area contributed by atoms with E-state index < -0.39 is 0 Å². The average Bonchev–Trinajstić information content (AvgIpc) is 3.23. The van der Waals surface area contributed by atoms with Gasteiger partial charge in [-0.3, -0.25) is 4.90 Å². The molecule has 0 amide bonds. The Kier molecular flexibility index (Phi) is 5.79. The minimum atomic E-state index is 0.448. The van der Waals surface area contributed by atoms with Crippen molar-refractivity contribution in [2.45, 2.75) is 59.5 Å². The van der Waals surface area contributed by atoms with Crippen molar-refractivity contribution in [3.8, 4) is 0 Å². The molecule has 4 heteroatoms. The predicted molar refractivity (Wildman–Crippen MR) is 103 cm³/mol. The maximum Gasteiger partial charge on any atom is 0.141 e. The van der Waals surface area contributed by atoms with Gasteiger partial charge in [0.25, 0.3) is 0 Å². The molecule has 0 spiro atoms. The maximum atomic E-state index is 5.54. The molecular formula is C21H31N3O. The summed E-state index contributed by atoms with van der Waals surface area (Å²) in [5.74, 6) is 1.06. The van der Waals surface area contributed by atoms with E-state index in [4.69, 9.17) is 4.52 Å². The van der Waals surface area contributed by atoms with Gasteiger partial charge in [-0.05, 0) is 57.9 Å². The van der Waals surface area contributed by atoms with Gasteiger partial charge in [-0.2, -0.15) is 0 Å². The van der Waals surface area contributed by atoms with Crippen LogP contribution in [0.2, 0.25) is 0 Å². The highest BCUT2D eigenvalue weighted by Crippen LogP contribution is 2.37. The lowest BCUT2D eigenvalue weighted by molar-refractivity contribution is 0.245. The van der Waals surface area contributed by atoms with Crippen LogP contribution in [-0.4, -0.2) is 29.7 Å². The standard InChI is InChI=1S/C21H31N3O/c1-5-20-21(16(4)22-25-20)19-9-8-14-24(19)15-17-10-12-18(13-11-17)23(6-2)7-3/h10-13,19H,5-9,14-15H2,1-4H3. The fraction of sp³-hybridized carbons (Fsp3) is 0.571. The third-order valence-corrected chi connectivity index (χ3v) is 5.45. The molecule has 0 aliphatic carbocycles. The molecule has 136 valence electrons. The summed E-state index contributed by atoms with van der Waals surface area (Å²) in [6.07, 6.45) is 3.36. The Hall–Kier alpha value is -1.81. The normalized spacial score (nSPS) is 18.0. The highest BCUT2D eigenvalue weighted by Gasteiger charge is 2.31. The summed E-state index contributed by atoms with van der Waals surface area (Å²) in [6.45, 7) is 12.9. The van der Waals surface area contributed by atoms with Crippen LogP contribution in [0.4, 0.5) is 5.69 Å². The molecule has 0 radical (unpaired) electrons. The summed E-state index contributed by atoms with van der Waals surface area (Å²) in [4.78, 5) is 4.97. The van der Waals surface area contributed by atoms with Crippen LogP contribution < -0.4 is 4.90 Å². The third-order valence-electron chi connectivity index (χ3n) is 5.45. The molecule has 2 heterocycles. The van der Waals surface area contributed by atoms with Crippen LogP contribution >= 0.6 is 0 Å². The number of rotatable bonds is 7. The lowest BCUT2D eigenvalue weighted by atomic mass is 10.0. The molecule has 3 rings (SSSR count). The van der Waals surface area contributed by atoms with Crippen LogP contribution in [0.1, 0.15) is 62.2 Å². The largest absolute Gasteiger partial charge is 0.372 e. The number of hydrogen-bond acceptors (Lipinski definition) is 4. The Morgan fingerprint density at radius 3 is 2.52 bits per heavy atom. The second kappa shape index (κ2) is 8.05. The number of benzene rings is 1. The average molecular weight is 341 g/mol. The number of aryl methyl sites for hydroxylation is 2. The van der Waals surface area contributed by atoms with Crippen LogP contribution in [-0.2, 0) is 13.0 Å². The molecule has 1 aromatic carbocycles. The topological polar surface area (TPSA) is 32.5 Å². The summed E-state index contributed by atoms with van der Waals surface area (Å²) in [7, 11) is 0. The number of hydrogen-bond donors (Lipinski definition) is 0. The van der Waals surface area contributed by atoms with Gasteiger partial charge < -0.3 is 9.42 Å². The van der Waals surface area contributed by atoms with E-state index in [1.165, 1.54) is 29.7 Å². The Bertz CT molecular complexity index is 673. The van der Waals surface area contributed by atoms with Crippen molar-refractivity contribution in [1.29, 1.82) is 0 Å². The summed E-state index contributed by atoms with van der Waals surface area (Å²) in [5, 5.41) is 4.22. The van der Waals surface area contributed by atoms with E-state index in [0.29, 0.717) is 6.04 Å². The summed E-state index contributed by atoms with van der Waals surface area (Å²) >= 11 is 0. The van der Waals surface area contributed by atoms with Crippen LogP contribution in [0.3, 0.4) is 0 Å². The molecule has 0 N–H and O–H groups in total. The van der Waals surface area contributed by atoms with Crippen LogP contribution in [0.25, 0.3) is 0 Å². The molecule has 4 nitrogen and oxygen atoms in total. The Labute approximate surface area is 151 Å². The van der Waals surface area contributed by atoms with E-state index in [2.05, 4.69) is 66.9 Å². The van der Waals surface area contributed by atoms with E-state index in [1.54, 1.807) is 0 Å². The van der Waals surface area contributed by atoms with Crippen molar-refractivity contribution in [2.75, 3.05) is 24.5 Å². The van der Waals surface area contributed by atoms with Crippen LogP contribution in [0.5, 0.6) is 0 Å². The van der Waals surface area contributed by atoms with E-state index in [1.807, 2.05) is 0 Å². The van der Waals surface area contributed by atoms with Crippen molar-refractivity contribution in [2.24, 2.45) is 0 Å². The van der Waals surface area contributed by atoms with E-state index >= 15 is 0 Å². The Balaban J connectivity index is 1.74. The van der Waals surface area contributed by atoms with Gasteiger partial charge in [0.2, 0.25) is 0 Å². The maximum absolute atomic E-state index is 5.54. The van der Waals surface area contributed by atoms with Gasteiger partial charge in [-0.1, -0.05) is 24.2 Å². The van der Waals surface area contributed by atoms with Crippen molar-refractivity contribution >= 4 is 5.69 Å². The summed E-state index contributed by atoms with van der Waals surface area (Å²) in [6, 6.07) is 9.53. The minimum Gasteiger partial charge on any atom is -0.372 e. The van der Waals surface area contributed by atoms with E-state index in [0.717, 1.165) is 44.1 Å². The fourth-order valence-electron chi connectivity index (χ4n) is 4.08. The second-order valence-corrected chi connectivity index (χ2v) is 6.93. The molecule has 1 aromatic heterocycles. The van der Waals surface area contributed by atoms with Crippen molar-refractivity contribution in [3.63, 3.8) is 0 Å². The quantitative estimate of drug-likeness (QED) is 0.729. The third kappa shape index (κ3) is 3.74. The molecule has 1 atom stereocenters. The van der Waals surface area contributed by atoms with Crippen molar-refractivity contribution in [3.05, 3.63) is 46.8 Å². The van der Waals surface area contributed by atoms with Gasteiger partial charge in [0.1, 0.15) is 5.76 Å². The second-order valence-electron chi connectivity index (χ2n) is 6.93. The predicted octanol–water partition coefficient (Wildman–Crippen LogP) is 4.73. The lowest BCUT2D eigenvalue weighted by Crippen LogP contribution is -2.24. The van der Waals surface area contributed by atoms with Gasteiger partial charge in [-0.15, -0.1) is 0 Å². The van der Waals surface area contributed by atoms with Gasteiger partial charge in [-0.25, -0.2) is 0 Å². The zero-order valence-electron chi connectivity index (χ0n) is 16.1. The molecule has 25 heavy (non-hydrogen) atoms. The van der Waals surface area contributed by atoms with Gasteiger partial charge in [0, 0.05) is 43.3 Å². The van der Waals surface area contributed by atoms with E-state index in [9.17, 15) is 0 Å². The van der Waals surface area contributed by atoms with Crippen LogP contribution in [0.15, 0.2) is 28.8 Å². The first kappa shape index (κ1) is 18.0. The van der Waals surface area contributed by atoms with Gasteiger partial charge in [0.15, 0.2) is 0 Å². The molecule has 0 saturated carbocycles. The number of nitrogens with zero attached hydrogens (tertiary/aromatic N) is 3. The zero-order valence-corrected chi connectivity index (χ0v) is 16.1. The molecule has 1 aliphatic rings. The molecule has 1 unspecified atom stereocenters. The highest BCUT2D eigenvalue weighted by molar-refractivity contribution is 5.47. The first-order chi connectivity index (χ1) is 12.2. The summed E-state index contributed by atoms with van der Waals surface area (Å²) < 4.78 is 5.54. The number of aromatic nitrogens is 1. The smallest absolute Gasteiger partial charge is 0.141 e. The minimum absolute atomic E-state index is 0.448. The van der Waals surface area contributed by atoms with Crippen molar-refractivity contribution in [1.82, 2.24) is 10.1 Å². The number of anilines is 1. The number of likely N-dealkylation sites (tertiary alicyclic amines) is 1. The van der Waals surface area contributed by atoms with E-state index in [-0.39, 0.29) is 0 Å². The fourth-order valence-corrected chi connectivity index (χ4v) is 4.08. The lowest BCUT2D eigenvalue weighted by Gasteiger charge is -2.25. The highest BCUT2D eigenvalue weighted by atomic mass is 16.5. The molecule has 1 aliphatic heterocycles. The monoisotopic (exact) mass is 341 g/mol. The first-order valence-corrected chi connectivity index (χ1v) is 9.70. The molecule has 0 bridgehead atoms. The SMILES string of the molecule is CCc1onc(C)c1C1CCCN1Cc1ccc(N(CC)CC)cc1. The zero-order chi connectivity index (χ0) is 17.8. The molecule has 1 fully saturated rings. The molecular weight excluding hydrogens is 310 g/mol. The first-order valence-electron chi connectivity index (χ1n) is 9.70. The van der Waals surface area contributed by atoms with Crippen LogP contribution in [0, 0.1) is 6.92 Å². The van der Waals surface area contributed by atoms with Gasteiger partial charge in [0.05, 0.1) is 5.69 Å². The Morgan fingerprint density at radius 2 is 1.88 bits per heavy atom. The van der Waals surface area contributed by atoms with Gasteiger partial charge >= 0.3 is 0 Å².